The van der Waals surface area contributed by atoms with E-state index in [1.54, 1.807) is 36.4 Å². The molecule has 0 atom stereocenters. The molecule has 8 heteroatoms. The van der Waals surface area contributed by atoms with Gasteiger partial charge in [-0.25, -0.2) is 9.69 Å². The Morgan fingerprint density at radius 2 is 1.71 bits per heavy atom. The quantitative estimate of drug-likeness (QED) is 0.292. The van der Waals surface area contributed by atoms with Crippen molar-refractivity contribution in [2.75, 3.05) is 4.90 Å². The van der Waals surface area contributed by atoms with Crippen molar-refractivity contribution >= 4 is 61.5 Å². The smallest absolute Gasteiger partial charge is 0.335 e. The number of halogens is 2. The van der Waals surface area contributed by atoms with Crippen LogP contribution in [0.4, 0.5) is 10.5 Å². The van der Waals surface area contributed by atoms with Gasteiger partial charge < -0.3 is 4.74 Å². The first-order valence-electron chi connectivity index (χ1n) is 10.4. The Morgan fingerprint density at radius 1 is 0.971 bits per heavy atom. The Morgan fingerprint density at radius 3 is 2.41 bits per heavy atom. The summed E-state index contributed by atoms with van der Waals surface area (Å²) in [6.45, 7) is 4.10. The van der Waals surface area contributed by atoms with Gasteiger partial charge in [-0.3, -0.25) is 14.9 Å². The van der Waals surface area contributed by atoms with E-state index in [1.165, 1.54) is 6.08 Å². The third-order valence-corrected chi connectivity index (χ3v) is 6.75. The molecule has 1 saturated heterocycles. The van der Waals surface area contributed by atoms with Gasteiger partial charge in [0.2, 0.25) is 0 Å². The molecule has 3 aromatic rings. The predicted molar refractivity (Wildman–Crippen MR) is 138 cm³/mol. The third-order valence-electron chi connectivity index (χ3n) is 5.52. The Balaban J connectivity index is 1.54. The minimum atomic E-state index is -0.760. The van der Waals surface area contributed by atoms with Crippen molar-refractivity contribution in [3.05, 3.63) is 97.4 Å². The van der Waals surface area contributed by atoms with Crippen LogP contribution in [0, 0.1) is 13.8 Å². The fourth-order valence-electron chi connectivity index (χ4n) is 3.48. The van der Waals surface area contributed by atoms with Crippen LogP contribution in [0.25, 0.3) is 6.08 Å². The summed E-state index contributed by atoms with van der Waals surface area (Å²) >= 11 is 6.94. The average Bonchev–Trinajstić information content (AvgIpc) is 2.79. The van der Waals surface area contributed by atoms with Gasteiger partial charge in [-0.2, -0.15) is 0 Å². The first-order valence-corrected chi connectivity index (χ1v) is 12.0. The first-order chi connectivity index (χ1) is 16.2. The van der Waals surface area contributed by atoms with Crippen molar-refractivity contribution in [2.45, 2.75) is 20.5 Å². The van der Waals surface area contributed by atoms with Gasteiger partial charge >= 0.3 is 6.03 Å². The number of benzene rings is 3. The van der Waals surface area contributed by atoms with E-state index in [0.29, 0.717) is 23.6 Å². The van der Waals surface area contributed by atoms with Gasteiger partial charge in [0.25, 0.3) is 11.8 Å². The minimum absolute atomic E-state index is 0.118. The Kier molecular flexibility index (Phi) is 7.00. The number of ether oxygens (including phenoxy) is 1. The monoisotopic (exact) mass is 582 g/mol. The first kappa shape index (κ1) is 23.9. The third kappa shape index (κ3) is 4.98. The number of rotatable bonds is 5. The molecule has 3 aromatic carbocycles. The lowest BCUT2D eigenvalue weighted by molar-refractivity contribution is -0.122. The molecule has 1 aliphatic rings. The van der Waals surface area contributed by atoms with Crippen LogP contribution in [0.5, 0.6) is 5.75 Å². The second-order valence-corrected chi connectivity index (χ2v) is 9.54. The van der Waals surface area contributed by atoms with Gasteiger partial charge in [0.05, 0.1) is 5.69 Å². The number of urea groups is 1. The van der Waals surface area contributed by atoms with Crippen LogP contribution >= 0.6 is 31.9 Å². The fourth-order valence-corrected chi connectivity index (χ4v) is 4.64. The topological polar surface area (TPSA) is 75.7 Å². The Bertz CT molecular complexity index is 1330. The number of hydrogen-bond donors (Lipinski definition) is 1. The molecule has 0 aliphatic carbocycles. The van der Waals surface area contributed by atoms with Gasteiger partial charge in [-0.05, 0) is 66.9 Å². The number of barbiturate groups is 1. The van der Waals surface area contributed by atoms with Crippen LogP contribution < -0.4 is 15.0 Å². The van der Waals surface area contributed by atoms with E-state index >= 15 is 0 Å². The summed E-state index contributed by atoms with van der Waals surface area (Å²) in [6.07, 6.45) is 1.47. The maximum atomic E-state index is 13.1. The van der Waals surface area contributed by atoms with Crippen molar-refractivity contribution in [1.29, 1.82) is 0 Å². The molecule has 0 radical (unpaired) electrons. The normalized spacial score (nSPS) is 15.0. The number of anilines is 1. The molecule has 1 heterocycles. The molecule has 0 bridgehead atoms. The second-order valence-electron chi connectivity index (χ2n) is 7.77. The molecule has 6 nitrogen and oxygen atoms in total. The lowest BCUT2D eigenvalue weighted by Crippen LogP contribution is -2.54. The van der Waals surface area contributed by atoms with Gasteiger partial charge in [0.1, 0.15) is 17.9 Å². The van der Waals surface area contributed by atoms with E-state index in [-0.39, 0.29) is 5.57 Å². The van der Waals surface area contributed by atoms with Crippen molar-refractivity contribution in [1.82, 2.24) is 5.32 Å². The van der Waals surface area contributed by atoms with Crippen molar-refractivity contribution in [3.63, 3.8) is 0 Å². The van der Waals surface area contributed by atoms with E-state index in [1.807, 2.05) is 38.1 Å². The maximum Gasteiger partial charge on any atom is 0.335 e. The van der Waals surface area contributed by atoms with E-state index in [4.69, 9.17) is 4.74 Å². The van der Waals surface area contributed by atoms with E-state index in [9.17, 15) is 14.4 Å². The molecule has 0 unspecified atom stereocenters. The number of nitrogens with zero attached hydrogens (tertiary/aromatic N) is 1. The molecule has 0 saturated carbocycles. The maximum absolute atomic E-state index is 13.1. The molecule has 172 valence electrons. The highest BCUT2D eigenvalue weighted by Crippen LogP contribution is 2.28. The highest BCUT2D eigenvalue weighted by molar-refractivity contribution is 9.11. The van der Waals surface area contributed by atoms with Crippen LogP contribution in [0.1, 0.15) is 22.3 Å². The largest absolute Gasteiger partial charge is 0.489 e. The lowest BCUT2D eigenvalue weighted by atomic mass is 10.0. The highest BCUT2D eigenvalue weighted by Gasteiger charge is 2.37. The Hall–Kier alpha value is -3.23. The molecule has 1 N–H and O–H groups in total. The number of imide groups is 2. The van der Waals surface area contributed by atoms with Gasteiger partial charge in [0.15, 0.2) is 0 Å². The van der Waals surface area contributed by atoms with Crippen LogP contribution in [-0.2, 0) is 16.2 Å². The van der Waals surface area contributed by atoms with Crippen LogP contribution in [0.2, 0.25) is 0 Å². The molecule has 4 rings (SSSR count). The molecule has 34 heavy (non-hydrogen) atoms. The fraction of sp³-hybridized carbons (Fsp3) is 0.115. The van der Waals surface area contributed by atoms with Crippen molar-refractivity contribution in [2.24, 2.45) is 0 Å². The summed E-state index contributed by atoms with van der Waals surface area (Å²) in [5.74, 6) is -0.747. The summed E-state index contributed by atoms with van der Waals surface area (Å²) < 4.78 is 7.76. The average molecular weight is 584 g/mol. The summed E-state index contributed by atoms with van der Waals surface area (Å²) in [7, 11) is 0. The van der Waals surface area contributed by atoms with Gasteiger partial charge in [0, 0.05) is 14.5 Å². The summed E-state index contributed by atoms with van der Waals surface area (Å²) in [5.41, 5.74) is 3.68. The van der Waals surface area contributed by atoms with Crippen LogP contribution in [-0.4, -0.2) is 17.8 Å². The molecule has 0 spiro atoms. The zero-order chi connectivity index (χ0) is 24.4. The number of carbonyl (C=O) groups excluding carboxylic acids is 3. The molecule has 1 aliphatic heterocycles. The molecule has 4 amide bonds. The predicted octanol–water partition coefficient (Wildman–Crippen LogP) is 6.07. The number of nitrogens with one attached hydrogen (secondary N) is 1. The molecular formula is C26H20Br2N2O4. The zero-order valence-electron chi connectivity index (χ0n) is 18.4. The molecular weight excluding hydrogens is 564 g/mol. The van der Waals surface area contributed by atoms with E-state index < -0.39 is 17.8 Å². The summed E-state index contributed by atoms with van der Waals surface area (Å²) in [6, 6.07) is 17.5. The summed E-state index contributed by atoms with van der Waals surface area (Å²) in [5, 5.41) is 2.26. The number of carbonyl (C=O) groups is 3. The van der Waals surface area contributed by atoms with Gasteiger partial charge in [-0.15, -0.1) is 0 Å². The second kappa shape index (κ2) is 9.95. The minimum Gasteiger partial charge on any atom is -0.489 e. The van der Waals surface area contributed by atoms with Crippen molar-refractivity contribution < 1.29 is 19.1 Å². The number of hydrogen-bond acceptors (Lipinski definition) is 4. The van der Waals surface area contributed by atoms with E-state index in [0.717, 1.165) is 30.5 Å². The summed E-state index contributed by atoms with van der Waals surface area (Å²) in [4.78, 5) is 39.1. The van der Waals surface area contributed by atoms with Crippen molar-refractivity contribution in [3.8, 4) is 5.75 Å². The molecule has 0 aromatic heterocycles. The van der Waals surface area contributed by atoms with Crippen LogP contribution in [0.3, 0.4) is 0 Å². The molecule has 1 fully saturated rings. The number of amides is 4. The lowest BCUT2D eigenvalue weighted by Gasteiger charge is -2.28. The Labute approximate surface area is 213 Å². The van der Waals surface area contributed by atoms with Gasteiger partial charge in [-0.1, -0.05) is 62.2 Å². The number of aryl methyl sites for hydroxylation is 1. The SMILES string of the molecule is Cc1cccc(N2C(=O)NC(=O)/C(=C\c3ccc(OCc4ccc(Br)cc4Br)cc3)C2=O)c1C. The van der Waals surface area contributed by atoms with E-state index in [2.05, 4.69) is 37.2 Å². The van der Waals surface area contributed by atoms with Crippen LogP contribution in [0.15, 0.2) is 75.2 Å². The zero-order valence-corrected chi connectivity index (χ0v) is 21.6. The standard InChI is InChI=1S/C26H20Br2N2O4/c1-15-4-3-5-23(16(15)2)30-25(32)21(24(31)29-26(30)33)12-17-6-10-20(11-7-17)34-14-18-8-9-19(27)13-22(18)28/h3-13H,14H2,1-2H3,(H,29,31,33)/b21-12+. The highest BCUT2D eigenvalue weighted by atomic mass is 79.9.